The second-order valence-corrected chi connectivity index (χ2v) is 6.90. The number of amides is 1. The van der Waals surface area contributed by atoms with Gasteiger partial charge in [0.1, 0.15) is 5.76 Å². The van der Waals surface area contributed by atoms with Gasteiger partial charge in [-0.1, -0.05) is 6.07 Å². The zero-order chi connectivity index (χ0) is 17.2. The average Bonchev–Trinajstić information content (AvgIpc) is 3.20. The second kappa shape index (κ2) is 6.98. The number of carbonyl (C=O) groups is 1. The maximum atomic E-state index is 12.5. The number of nitrogens with zero attached hydrogens (tertiary/aromatic N) is 2. The summed E-state index contributed by atoms with van der Waals surface area (Å²) in [5.74, 6) is 0.734. The van der Waals surface area contributed by atoms with Gasteiger partial charge >= 0.3 is 0 Å². The number of furan rings is 1. The van der Waals surface area contributed by atoms with Crippen LogP contribution >= 0.6 is 0 Å². The van der Waals surface area contributed by atoms with E-state index in [4.69, 9.17) is 9.15 Å². The van der Waals surface area contributed by atoms with Gasteiger partial charge < -0.3 is 14.5 Å². The van der Waals surface area contributed by atoms with Crippen LogP contribution in [-0.2, 0) is 22.6 Å². The van der Waals surface area contributed by atoms with Gasteiger partial charge in [-0.25, -0.2) is 0 Å². The van der Waals surface area contributed by atoms with Crippen molar-refractivity contribution in [3.63, 3.8) is 0 Å². The van der Waals surface area contributed by atoms with Crippen molar-refractivity contribution in [3.05, 3.63) is 53.7 Å². The first kappa shape index (κ1) is 16.3. The number of morpholine rings is 1. The summed E-state index contributed by atoms with van der Waals surface area (Å²) in [5, 5.41) is 2.97. The van der Waals surface area contributed by atoms with Crippen LogP contribution in [0.3, 0.4) is 0 Å². The van der Waals surface area contributed by atoms with Crippen LogP contribution in [0.4, 0.5) is 0 Å². The first-order valence-corrected chi connectivity index (χ1v) is 8.78. The van der Waals surface area contributed by atoms with Crippen molar-refractivity contribution in [2.45, 2.75) is 38.6 Å². The molecule has 2 aromatic rings. The number of rotatable bonds is 5. The number of pyridine rings is 1. The zero-order valence-corrected chi connectivity index (χ0v) is 14.4. The molecule has 1 N–H and O–H groups in total. The lowest BCUT2D eigenvalue weighted by molar-refractivity contribution is -0.128. The third-order valence-corrected chi connectivity index (χ3v) is 4.92. The molecule has 1 amide bonds. The minimum Gasteiger partial charge on any atom is -0.467 e. The standard InChI is InChI=1S/C19H23N3O3/c1-13-4-2-5-14(21-13)10-22-11-16-8-17(18(12-22)25-16)19(23)20-9-15-6-3-7-24-15/h2-7,16-18H,8-12H2,1H3,(H,20,23)/t16-,17+,18-/m1/s1. The van der Waals surface area contributed by atoms with Gasteiger partial charge in [-0.2, -0.15) is 0 Å². The number of ether oxygens (including phenoxy) is 1. The number of hydrogen-bond acceptors (Lipinski definition) is 5. The van der Waals surface area contributed by atoms with Gasteiger partial charge in [0.05, 0.1) is 36.6 Å². The topological polar surface area (TPSA) is 67.6 Å². The van der Waals surface area contributed by atoms with E-state index in [-0.39, 0.29) is 24.0 Å². The smallest absolute Gasteiger partial charge is 0.226 e. The van der Waals surface area contributed by atoms with Crippen molar-refractivity contribution < 1.29 is 13.9 Å². The lowest BCUT2D eigenvalue weighted by atomic mass is 9.99. The Bertz CT molecular complexity index is 731. The summed E-state index contributed by atoms with van der Waals surface area (Å²) in [4.78, 5) is 19.5. The Balaban J connectivity index is 1.34. The van der Waals surface area contributed by atoms with E-state index in [2.05, 4.69) is 21.3 Å². The molecule has 25 heavy (non-hydrogen) atoms. The molecule has 6 heteroatoms. The van der Waals surface area contributed by atoms with Crippen LogP contribution in [-0.4, -0.2) is 41.1 Å². The minimum absolute atomic E-state index is 0.0415. The van der Waals surface area contributed by atoms with Crippen molar-refractivity contribution in [3.8, 4) is 0 Å². The summed E-state index contributed by atoms with van der Waals surface area (Å²) in [5.41, 5.74) is 2.10. The van der Waals surface area contributed by atoms with E-state index >= 15 is 0 Å². The summed E-state index contributed by atoms with van der Waals surface area (Å²) >= 11 is 0. The number of fused-ring (bicyclic) bond motifs is 2. The van der Waals surface area contributed by atoms with Crippen LogP contribution < -0.4 is 5.32 Å². The molecule has 2 aromatic heterocycles. The van der Waals surface area contributed by atoms with Crippen molar-refractivity contribution in [2.75, 3.05) is 13.1 Å². The molecule has 0 radical (unpaired) electrons. The molecule has 3 atom stereocenters. The van der Waals surface area contributed by atoms with E-state index < -0.39 is 0 Å². The number of carbonyl (C=O) groups excluding carboxylic acids is 1. The molecule has 2 aliphatic heterocycles. The molecule has 4 heterocycles. The Labute approximate surface area is 147 Å². The Morgan fingerprint density at radius 2 is 2.24 bits per heavy atom. The van der Waals surface area contributed by atoms with Crippen LogP contribution in [0.25, 0.3) is 0 Å². The van der Waals surface area contributed by atoms with Gasteiger partial charge in [-0.15, -0.1) is 0 Å². The van der Waals surface area contributed by atoms with Gasteiger partial charge in [0, 0.05) is 25.3 Å². The Morgan fingerprint density at radius 3 is 3.04 bits per heavy atom. The van der Waals surface area contributed by atoms with Crippen molar-refractivity contribution in [2.24, 2.45) is 5.92 Å². The summed E-state index contributed by atoms with van der Waals surface area (Å²) in [7, 11) is 0. The zero-order valence-electron chi connectivity index (χ0n) is 14.4. The Kier molecular flexibility index (Phi) is 4.55. The first-order chi connectivity index (χ1) is 12.2. The highest BCUT2D eigenvalue weighted by molar-refractivity contribution is 5.79. The molecular formula is C19H23N3O3. The lowest BCUT2D eigenvalue weighted by Gasteiger charge is -2.32. The molecule has 2 saturated heterocycles. The van der Waals surface area contributed by atoms with Gasteiger partial charge in [0.25, 0.3) is 0 Å². The highest BCUT2D eigenvalue weighted by Crippen LogP contribution is 2.32. The Hall–Kier alpha value is -2.18. The maximum absolute atomic E-state index is 12.5. The number of likely N-dealkylation sites (tertiary alicyclic amines) is 1. The van der Waals surface area contributed by atoms with E-state index in [0.717, 1.165) is 43.2 Å². The lowest BCUT2D eigenvalue weighted by Crippen LogP contribution is -2.45. The van der Waals surface area contributed by atoms with Crippen molar-refractivity contribution >= 4 is 5.91 Å². The number of hydrogen-bond donors (Lipinski definition) is 1. The Morgan fingerprint density at radius 1 is 1.32 bits per heavy atom. The van der Waals surface area contributed by atoms with E-state index in [0.29, 0.717) is 6.54 Å². The molecule has 2 bridgehead atoms. The van der Waals surface area contributed by atoms with Crippen molar-refractivity contribution in [1.82, 2.24) is 15.2 Å². The van der Waals surface area contributed by atoms with Crippen LogP contribution in [0.2, 0.25) is 0 Å². The molecule has 0 saturated carbocycles. The molecule has 0 spiro atoms. The molecule has 2 aliphatic rings. The van der Waals surface area contributed by atoms with Gasteiger partial charge in [0.15, 0.2) is 0 Å². The molecule has 0 aromatic carbocycles. The van der Waals surface area contributed by atoms with E-state index in [9.17, 15) is 4.79 Å². The number of aromatic nitrogens is 1. The van der Waals surface area contributed by atoms with E-state index in [1.807, 2.05) is 31.2 Å². The fraction of sp³-hybridized carbons (Fsp3) is 0.474. The summed E-state index contributed by atoms with van der Waals surface area (Å²) in [6.07, 6.45) is 2.49. The molecular weight excluding hydrogens is 318 g/mol. The minimum atomic E-state index is -0.0876. The summed E-state index contributed by atoms with van der Waals surface area (Å²) < 4.78 is 11.3. The van der Waals surface area contributed by atoms with Crippen LogP contribution in [0.15, 0.2) is 41.0 Å². The van der Waals surface area contributed by atoms with Gasteiger partial charge in [-0.3, -0.25) is 14.7 Å². The fourth-order valence-electron chi connectivity index (χ4n) is 3.78. The quantitative estimate of drug-likeness (QED) is 0.899. The van der Waals surface area contributed by atoms with Gasteiger partial charge in [0.2, 0.25) is 5.91 Å². The SMILES string of the molecule is Cc1cccc(CN2C[C@H]3C[C@H](C(=O)NCc4ccco4)[C@@H](C2)O3)n1. The van der Waals surface area contributed by atoms with Crippen molar-refractivity contribution in [1.29, 1.82) is 0 Å². The van der Waals surface area contributed by atoms with Gasteiger partial charge in [-0.05, 0) is 37.6 Å². The summed E-state index contributed by atoms with van der Waals surface area (Å²) in [6, 6.07) is 9.78. The first-order valence-electron chi connectivity index (χ1n) is 8.78. The maximum Gasteiger partial charge on any atom is 0.226 e. The number of nitrogens with one attached hydrogen (secondary N) is 1. The third-order valence-electron chi connectivity index (χ3n) is 4.92. The number of aryl methyl sites for hydroxylation is 1. The molecule has 6 nitrogen and oxygen atoms in total. The largest absolute Gasteiger partial charge is 0.467 e. The molecule has 0 unspecified atom stereocenters. The highest BCUT2D eigenvalue weighted by atomic mass is 16.5. The predicted molar refractivity (Wildman–Crippen MR) is 91.6 cm³/mol. The van der Waals surface area contributed by atoms with Crippen LogP contribution in [0.1, 0.15) is 23.6 Å². The van der Waals surface area contributed by atoms with Crippen LogP contribution in [0.5, 0.6) is 0 Å². The average molecular weight is 341 g/mol. The molecule has 132 valence electrons. The molecule has 0 aliphatic carbocycles. The highest BCUT2D eigenvalue weighted by Gasteiger charge is 2.44. The molecule has 2 fully saturated rings. The fourth-order valence-corrected chi connectivity index (χ4v) is 3.78. The van der Waals surface area contributed by atoms with E-state index in [1.54, 1.807) is 6.26 Å². The summed E-state index contributed by atoms with van der Waals surface area (Å²) in [6.45, 7) is 4.86. The monoisotopic (exact) mass is 341 g/mol. The second-order valence-electron chi connectivity index (χ2n) is 6.90. The predicted octanol–water partition coefficient (Wildman–Crippen LogP) is 1.89. The normalized spacial score (nSPS) is 25.9. The van der Waals surface area contributed by atoms with Crippen LogP contribution in [0, 0.1) is 12.8 Å². The van der Waals surface area contributed by atoms with E-state index in [1.165, 1.54) is 0 Å². The third kappa shape index (κ3) is 3.75. The molecule has 4 rings (SSSR count).